The Balaban J connectivity index is 0.000000202. The number of benzene rings is 1. The Morgan fingerprint density at radius 3 is 1.94 bits per heavy atom. The van der Waals surface area contributed by atoms with Crippen LogP contribution in [0.15, 0.2) is 36.4 Å². The molecule has 1 unspecified atom stereocenters. The molecule has 5 heteroatoms. The molecule has 1 atom stereocenters. The van der Waals surface area contributed by atoms with Crippen LogP contribution in [0.3, 0.4) is 0 Å². The van der Waals surface area contributed by atoms with Crippen molar-refractivity contribution in [2.45, 2.75) is 6.42 Å². The monoisotopic (exact) mass is 235 g/mol. The van der Waals surface area contributed by atoms with Crippen molar-refractivity contribution < 1.29 is 19.1 Å². The Morgan fingerprint density at radius 2 is 1.65 bits per heavy atom. The van der Waals surface area contributed by atoms with E-state index in [1.165, 1.54) is 7.11 Å². The van der Waals surface area contributed by atoms with Gasteiger partial charge in [-0.15, -0.1) is 0 Å². The number of nitrogens with one attached hydrogen (secondary N) is 1. The second-order valence-electron chi connectivity index (χ2n) is 3.35. The Bertz CT molecular complexity index is 376. The largest absolute Gasteiger partial charge is 0.468 e. The molecule has 0 aromatic heterocycles. The summed E-state index contributed by atoms with van der Waals surface area (Å²) in [5.74, 6) is -2.59. The van der Waals surface area contributed by atoms with Crippen molar-refractivity contribution in [2.75, 3.05) is 7.11 Å². The van der Waals surface area contributed by atoms with Gasteiger partial charge in [0, 0.05) is 6.42 Å². The summed E-state index contributed by atoms with van der Waals surface area (Å²) in [4.78, 5) is 32.0. The highest BCUT2D eigenvalue weighted by Gasteiger charge is 2.36. The van der Waals surface area contributed by atoms with Gasteiger partial charge in [0.25, 0.3) is 0 Å². The van der Waals surface area contributed by atoms with Crippen molar-refractivity contribution in [1.29, 1.82) is 0 Å². The van der Waals surface area contributed by atoms with Crippen LogP contribution in [-0.2, 0) is 19.1 Å². The number of hydrogen-bond acceptors (Lipinski definition) is 4. The fourth-order valence-corrected chi connectivity index (χ4v) is 1.27. The molecule has 1 N–H and O–H groups in total. The maximum atomic E-state index is 10.8. The van der Waals surface area contributed by atoms with Crippen LogP contribution in [0.5, 0.6) is 0 Å². The van der Waals surface area contributed by atoms with Gasteiger partial charge >= 0.3 is 5.97 Å². The van der Waals surface area contributed by atoms with Gasteiger partial charge in [0.15, 0.2) is 0 Å². The van der Waals surface area contributed by atoms with E-state index in [4.69, 9.17) is 0 Å². The number of esters is 1. The number of hydrogen-bond donors (Lipinski definition) is 1. The van der Waals surface area contributed by atoms with Crippen LogP contribution in [0.4, 0.5) is 0 Å². The van der Waals surface area contributed by atoms with Gasteiger partial charge in [0.2, 0.25) is 11.8 Å². The summed E-state index contributed by atoms with van der Waals surface area (Å²) >= 11 is 0. The van der Waals surface area contributed by atoms with Crippen LogP contribution in [0.1, 0.15) is 6.42 Å². The van der Waals surface area contributed by atoms with E-state index in [-0.39, 0.29) is 6.42 Å². The Morgan fingerprint density at radius 1 is 1.18 bits per heavy atom. The molecule has 5 nitrogen and oxygen atoms in total. The van der Waals surface area contributed by atoms with E-state index in [0.29, 0.717) is 0 Å². The third-order valence-electron chi connectivity index (χ3n) is 2.12. The van der Waals surface area contributed by atoms with E-state index in [1.54, 1.807) is 0 Å². The second-order valence-corrected chi connectivity index (χ2v) is 3.35. The maximum Gasteiger partial charge on any atom is 0.318 e. The minimum atomic E-state index is -0.938. The van der Waals surface area contributed by atoms with Crippen LogP contribution < -0.4 is 5.32 Å². The lowest BCUT2D eigenvalue weighted by atomic mass is 10.1. The number of amides is 2. The maximum absolute atomic E-state index is 10.8. The highest BCUT2D eigenvalue weighted by Crippen LogP contribution is 2.11. The van der Waals surface area contributed by atoms with Gasteiger partial charge in [-0.05, 0) is 0 Å². The summed E-state index contributed by atoms with van der Waals surface area (Å²) in [5, 5.41) is 2.00. The van der Waals surface area contributed by atoms with Gasteiger partial charge in [-0.25, -0.2) is 0 Å². The van der Waals surface area contributed by atoms with Gasteiger partial charge < -0.3 is 4.74 Å². The molecule has 2 amide bonds. The predicted octanol–water partition coefficient (Wildman–Crippen LogP) is 0.509. The lowest BCUT2D eigenvalue weighted by Crippen LogP contribution is -2.26. The topological polar surface area (TPSA) is 72.5 Å². The van der Waals surface area contributed by atoms with E-state index in [1.807, 2.05) is 41.7 Å². The second kappa shape index (κ2) is 6.42. The quantitative estimate of drug-likeness (QED) is 0.437. The average Bonchev–Trinajstić information content (AvgIpc) is 2.70. The van der Waals surface area contributed by atoms with E-state index < -0.39 is 23.7 Å². The molecular weight excluding hydrogens is 222 g/mol. The van der Waals surface area contributed by atoms with Gasteiger partial charge in [-0.3, -0.25) is 19.7 Å². The molecule has 0 radical (unpaired) electrons. The molecule has 1 aromatic rings. The predicted molar refractivity (Wildman–Crippen MR) is 59.7 cm³/mol. The molecule has 1 heterocycles. The number of carbonyl (C=O) groups is 3. The summed E-state index contributed by atoms with van der Waals surface area (Å²) in [7, 11) is 1.18. The highest BCUT2D eigenvalue weighted by atomic mass is 16.5. The van der Waals surface area contributed by atoms with Gasteiger partial charge in [-0.2, -0.15) is 0 Å². The zero-order chi connectivity index (χ0) is 12.7. The lowest BCUT2D eigenvalue weighted by molar-refractivity contribution is -0.148. The molecule has 1 fully saturated rings. The molecule has 1 aromatic carbocycles. The van der Waals surface area contributed by atoms with E-state index in [9.17, 15) is 14.4 Å². The first-order chi connectivity index (χ1) is 8.15. The zero-order valence-electron chi connectivity index (χ0n) is 9.38. The first-order valence-corrected chi connectivity index (χ1v) is 5.06. The van der Waals surface area contributed by atoms with E-state index in [2.05, 4.69) is 4.74 Å². The molecule has 0 spiro atoms. The SMILES string of the molecule is COC(=O)C1CC(=O)NC1=O.c1ccccc1. The van der Waals surface area contributed by atoms with E-state index in [0.717, 1.165) is 0 Å². The standard InChI is InChI=1S/C6H7NO4.C6H6/c1-11-6(10)3-2-4(8)7-5(3)9;1-2-4-6-5-3-1/h3H,2H2,1H3,(H,7,8,9);1-6H. The number of imide groups is 1. The minimum absolute atomic E-state index is 0.0918. The lowest BCUT2D eigenvalue weighted by Gasteiger charge is -2.00. The molecule has 2 rings (SSSR count). The summed E-state index contributed by atoms with van der Waals surface area (Å²) in [5.41, 5.74) is 0. The molecule has 1 aliphatic rings. The molecule has 0 saturated carbocycles. The van der Waals surface area contributed by atoms with Crippen molar-refractivity contribution in [3.63, 3.8) is 0 Å². The highest BCUT2D eigenvalue weighted by molar-refractivity contribution is 6.12. The smallest absolute Gasteiger partial charge is 0.318 e. The Hall–Kier alpha value is -2.17. The Kier molecular flexibility index (Phi) is 4.87. The summed E-state index contributed by atoms with van der Waals surface area (Å²) in [6.45, 7) is 0. The molecular formula is C12H13NO4. The van der Waals surface area contributed by atoms with Crippen LogP contribution >= 0.6 is 0 Å². The average molecular weight is 235 g/mol. The van der Waals surface area contributed by atoms with Crippen LogP contribution in [0.25, 0.3) is 0 Å². The third kappa shape index (κ3) is 4.06. The minimum Gasteiger partial charge on any atom is -0.468 e. The normalized spacial score (nSPS) is 17.8. The van der Waals surface area contributed by atoms with Crippen molar-refractivity contribution in [2.24, 2.45) is 5.92 Å². The molecule has 17 heavy (non-hydrogen) atoms. The fraction of sp³-hybridized carbons (Fsp3) is 0.250. The molecule has 0 aliphatic carbocycles. The number of rotatable bonds is 1. The number of ether oxygens (including phenoxy) is 1. The fourth-order valence-electron chi connectivity index (χ4n) is 1.27. The molecule has 1 aliphatic heterocycles. The van der Waals surface area contributed by atoms with Crippen molar-refractivity contribution in [3.8, 4) is 0 Å². The number of carbonyl (C=O) groups excluding carboxylic acids is 3. The summed E-state index contributed by atoms with van der Waals surface area (Å²) in [6, 6.07) is 12.0. The van der Waals surface area contributed by atoms with E-state index >= 15 is 0 Å². The van der Waals surface area contributed by atoms with Crippen LogP contribution in [0.2, 0.25) is 0 Å². The molecule has 90 valence electrons. The molecule has 1 saturated heterocycles. The van der Waals surface area contributed by atoms with Crippen molar-refractivity contribution in [1.82, 2.24) is 5.32 Å². The van der Waals surface area contributed by atoms with Crippen molar-refractivity contribution >= 4 is 17.8 Å². The van der Waals surface area contributed by atoms with Gasteiger partial charge in [-0.1, -0.05) is 36.4 Å². The summed E-state index contributed by atoms with van der Waals surface area (Å²) < 4.78 is 4.30. The van der Waals surface area contributed by atoms with Crippen molar-refractivity contribution in [3.05, 3.63) is 36.4 Å². The van der Waals surface area contributed by atoms with Crippen LogP contribution in [-0.4, -0.2) is 24.9 Å². The third-order valence-corrected chi connectivity index (χ3v) is 2.12. The van der Waals surface area contributed by atoms with Gasteiger partial charge in [0.05, 0.1) is 7.11 Å². The first-order valence-electron chi connectivity index (χ1n) is 5.06. The zero-order valence-corrected chi connectivity index (χ0v) is 9.38. The Labute approximate surface area is 98.8 Å². The summed E-state index contributed by atoms with van der Waals surface area (Å²) in [6.07, 6.45) is -0.0918. The molecule has 0 bridgehead atoms. The first kappa shape index (κ1) is 12.9. The number of methoxy groups -OCH3 is 1. The van der Waals surface area contributed by atoms with Crippen LogP contribution in [0, 0.1) is 5.92 Å². The van der Waals surface area contributed by atoms with Gasteiger partial charge in [0.1, 0.15) is 5.92 Å².